The molecule has 3 rings (SSSR count). The average Bonchev–Trinajstić information content (AvgIpc) is 2.57. The van der Waals surface area contributed by atoms with Gasteiger partial charge in [-0.15, -0.1) is 0 Å². The quantitative estimate of drug-likeness (QED) is 0.820. The van der Waals surface area contributed by atoms with Gasteiger partial charge in [0.15, 0.2) is 0 Å². The molecule has 0 aliphatic carbocycles. The van der Waals surface area contributed by atoms with E-state index in [-0.39, 0.29) is 24.1 Å². The number of carbonyl (C=O) groups is 2. The summed E-state index contributed by atoms with van der Waals surface area (Å²) in [6.45, 7) is 3.56. The molecule has 0 bridgehead atoms. The Bertz CT molecular complexity index is 587. The molecule has 6 nitrogen and oxygen atoms in total. The number of rotatable bonds is 3. The van der Waals surface area contributed by atoms with Crippen LogP contribution in [-0.2, 0) is 9.59 Å². The van der Waals surface area contributed by atoms with E-state index in [1.54, 1.807) is 17.0 Å². The summed E-state index contributed by atoms with van der Waals surface area (Å²) in [6, 6.07) is 6.23. The van der Waals surface area contributed by atoms with Crippen LogP contribution in [0, 0.1) is 5.82 Å². The molecule has 1 aromatic carbocycles. The predicted molar refractivity (Wildman–Crippen MR) is 84.6 cm³/mol. The molecule has 1 atom stereocenters. The molecule has 2 saturated heterocycles. The molecule has 2 aliphatic heterocycles. The van der Waals surface area contributed by atoms with E-state index in [0.717, 1.165) is 0 Å². The van der Waals surface area contributed by atoms with E-state index in [4.69, 9.17) is 0 Å². The van der Waals surface area contributed by atoms with E-state index in [0.29, 0.717) is 45.0 Å². The standard InChI is InChI=1S/C16H21FN4O2/c17-12-3-1-2-4-14(12)20-7-9-21(10-8-20)15(22)11-13-16(23)19-6-5-18-13/h1-4,13,18H,5-11H2,(H,19,23)/t13-/m1/s1. The highest BCUT2D eigenvalue weighted by Crippen LogP contribution is 2.20. The van der Waals surface area contributed by atoms with Crippen molar-refractivity contribution in [2.45, 2.75) is 12.5 Å². The number of hydrogen-bond donors (Lipinski definition) is 2. The van der Waals surface area contributed by atoms with Gasteiger partial charge in [-0.2, -0.15) is 0 Å². The first-order valence-electron chi connectivity index (χ1n) is 7.93. The summed E-state index contributed by atoms with van der Waals surface area (Å²) >= 11 is 0. The third-order valence-electron chi connectivity index (χ3n) is 4.34. The van der Waals surface area contributed by atoms with Gasteiger partial charge in [0.05, 0.1) is 18.2 Å². The van der Waals surface area contributed by atoms with Crippen LogP contribution in [0.5, 0.6) is 0 Å². The van der Waals surface area contributed by atoms with Crippen LogP contribution < -0.4 is 15.5 Å². The molecular weight excluding hydrogens is 299 g/mol. The van der Waals surface area contributed by atoms with Gasteiger partial charge in [0, 0.05) is 39.3 Å². The molecule has 2 fully saturated rings. The fourth-order valence-corrected chi connectivity index (χ4v) is 3.02. The Hall–Kier alpha value is -2.15. The van der Waals surface area contributed by atoms with Gasteiger partial charge >= 0.3 is 0 Å². The number of hydrogen-bond acceptors (Lipinski definition) is 4. The molecule has 0 saturated carbocycles. The van der Waals surface area contributed by atoms with Crippen molar-refractivity contribution in [2.24, 2.45) is 0 Å². The third kappa shape index (κ3) is 3.61. The van der Waals surface area contributed by atoms with Crippen molar-refractivity contribution in [1.29, 1.82) is 0 Å². The van der Waals surface area contributed by atoms with Gasteiger partial charge < -0.3 is 20.4 Å². The van der Waals surface area contributed by atoms with E-state index >= 15 is 0 Å². The molecule has 1 aromatic rings. The lowest BCUT2D eigenvalue weighted by Crippen LogP contribution is -2.56. The highest BCUT2D eigenvalue weighted by molar-refractivity contribution is 5.88. The Balaban J connectivity index is 1.53. The molecule has 2 aliphatic rings. The first kappa shape index (κ1) is 15.7. The van der Waals surface area contributed by atoms with Crippen molar-refractivity contribution in [2.75, 3.05) is 44.2 Å². The molecule has 2 amide bonds. The van der Waals surface area contributed by atoms with Gasteiger partial charge in [0.2, 0.25) is 11.8 Å². The number of anilines is 1. The second-order valence-corrected chi connectivity index (χ2v) is 5.82. The van der Waals surface area contributed by atoms with Gasteiger partial charge in [0.25, 0.3) is 0 Å². The number of carbonyl (C=O) groups excluding carboxylic acids is 2. The van der Waals surface area contributed by atoms with Gasteiger partial charge in [-0.1, -0.05) is 12.1 Å². The first-order valence-corrected chi connectivity index (χ1v) is 7.93. The largest absolute Gasteiger partial charge is 0.366 e. The lowest BCUT2D eigenvalue weighted by Gasteiger charge is -2.37. The zero-order valence-corrected chi connectivity index (χ0v) is 12.9. The number of benzene rings is 1. The van der Waals surface area contributed by atoms with Crippen molar-refractivity contribution in [3.8, 4) is 0 Å². The Morgan fingerprint density at radius 3 is 2.61 bits per heavy atom. The third-order valence-corrected chi connectivity index (χ3v) is 4.34. The van der Waals surface area contributed by atoms with Crippen molar-refractivity contribution >= 4 is 17.5 Å². The lowest BCUT2D eigenvalue weighted by molar-refractivity contribution is -0.135. The summed E-state index contributed by atoms with van der Waals surface area (Å²) in [6.07, 6.45) is 0.172. The second kappa shape index (κ2) is 6.95. The number of nitrogens with zero attached hydrogens (tertiary/aromatic N) is 2. The number of amides is 2. The van der Waals surface area contributed by atoms with Crippen LogP contribution in [0.1, 0.15) is 6.42 Å². The smallest absolute Gasteiger partial charge is 0.237 e. The van der Waals surface area contributed by atoms with Crippen molar-refractivity contribution in [1.82, 2.24) is 15.5 Å². The van der Waals surface area contributed by atoms with E-state index in [1.165, 1.54) is 6.07 Å². The topological polar surface area (TPSA) is 64.7 Å². The maximum absolute atomic E-state index is 13.8. The van der Waals surface area contributed by atoms with Crippen LogP contribution in [0.3, 0.4) is 0 Å². The maximum Gasteiger partial charge on any atom is 0.237 e. The molecular formula is C16H21FN4O2. The summed E-state index contributed by atoms with van der Waals surface area (Å²) in [5.74, 6) is -0.391. The average molecular weight is 320 g/mol. The summed E-state index contributed by atoms with van der Waals surface area (Å²) < 4.78 is 13.8. The zero-order chi connectivity index (χ0) is 16.2. The molecule has 2 N–H and O–H groups in total. The first-order chi connectivity index (χ1) is 11.1. The van der Waals surface area contributed by atoms with E-state index in [2.05, 4.69) is 10.6 Å². The van der Waals surface area contributed by atoms with Crippen LogP contribution >= 0.6 is 0 Å². The summed E-state index contributed by atoms with van der Waals surface area (Å²) in [4.78, 5) is 27.7. The molecule has 0 radical (unpaired) electrons. The minimum atomic E-state index is -0.444. The van der Waals surface area contributed by atoms with E-state index in [1.807, 2.05) is 11.0 Å². The highest BCUT2D eigenvalue weighted by atomic mass is 19.1. The summed E-state index contributed by atoms with van der Waals surface area (Å²) in [5, 5.41) is 5.81. The van der Waals surface area contributed by atoms with Crippen LogP contribution in [-0.4, -0.2) is 62.0 Å². The lowest BCUT2D eigenvalue weighted by atomic mass is 10.1. The molecule has 124 valence electrons. The molecule has 0 spiro atoms. The Morgan fingerprint density at radius 2 is 1.91 bits per heavy atom. The molecule has 0 unspecified atom stereocenters. The summed E-state index contributed by atoms with van der Waals surface area (Å²) in [7, 11) is 0. The molecule has 0 aromatic heterocycles. The van der Waals surface area contributed by atoms with Crippen LogP contribution in [0.4, 0.5) is 10.1 Å². The number of piperazine rings is 2. The fraction of sp³-hybridized carbons (Fsp3) is 0.500. The normalized spacial score (nSPS) is 22.0. The Labute approximate surface area is 134 Å². The van der Waals surface area contributed by atoms with Crippen LogP contribution in [0.25, 0.3) is 0 Å². The fourth-order valence-electron chi connectivity index (χ4n) is 3.02. The number of para-hydroxylation sites is 1. The number of halogens is 1. The molecule has 23 heavy (non-hydrogen) atoms. The van der Waals surface area contributed by atoms with Crippen LogP contribution in [0.2, 0.25) is 0 Å². The van der Waals surface area contributed by atoms with Gasteiger partial charge in [-0.05, 0) is 12.1 Å². The SMILES string of the molecule is O=C1NCCN[C@@H]1CC(=O)N1CCN(c2ccccc2F)CC1. The van der Waals surface area contributed by atoms with Crippen molar-refractivity contribution in [3.63, 3.8) is 0 Å². The van der Waals surface area contributed by atoms with E-state index < -0.39 is 6.04 Å². The minimum absolute atomic E-state index is 0.0345. The van der Waals surface area contributed by atoms with Crippen LogP contribution in [0.15, 0.2) is 24.3 Å². The summed E-state index contributed by atoms with van der Waals surface area (Å²) in [5.41, 5.74) is 0.577. The molecule has 2 heterocycles. The monoisotopic (exact) mass is 320 g/mol. The van der Waals surface area contributed by atoms with Gasteiger partial charge in [0.1, 0.15) is 5.82 Å². The Kier molecular flexibility index (Phi) is 4.76. The van der Waals surface area contributed by atoms with Gasteiger partial charge in [-0.25, -0.2) is 4.39 Å². The van der Waals surface area contributed by atoms with E-state index in [9.17, 15) is 14.0 Å². The molecule has 7 heteroatoms. The minimum Gasteiger partial charge on any atom is -0.366 e. The maximum atomic E-state index is 13.8. The number of nitrogens with one attached hydrogen (secondary N) is 2. The van der Waals surface area contributed by atoms with Gasteiger partial charge in [-0.3, -0.25) is 9.59 Å². The highest BCUT2D eigenvalue weighted by Gasteiger charge is 2.28. The predicted octanol–water partition coefficient (Wildman–Crippen LogP) is -0.0476. The Morgan fingerprint density at radius 1 is 1.17 bits per heavy atom. The van der Waals surface area contributed by atoms with Crippen molar-refractivity contribution < 1.29 is 14.0 Å². The second-order valence-electron chi connectivity index (χ2n) is 5.82. The van der Waals surface area contributed by atoms with Crippen molar-refractivity contribution in [3.05, 3.63) is 30.1 Å². The zero-order valence-electron chi connectivity index (χ0n) is 12.9.